The third-order valence-electron chi connectivity index (χ3n) is 4.62. The van der Waals surface area contributed by atoms with Gasteiger partial charge in [-0.05, 0) is 61.3 Å². The van der Waals surface area contributed by atoms with Gasteiger partial charge in [-0.25, -0.2) is 8.78 Å². The van der Waals surface area contributed by atoms with Gasteiger partial charge < -0.3 is 0 Å². The molecule has 4 nitrogen and oxygen atoms in total. The summed E-state index contributed by atoms with van der Waals surface area (Å²) in [7, 11) is 0. The maximum atomic E-state index is 14.7. The van der Waals surface area contributed by atoms with E-state index in [4.69, 9.17) is 4.99 Å². The van der Waals surface area contributed by atoms with Crippen molar-refractivity contribution >= 4 is 33.0 Å². The Kier molecular flexibility index (Phi) is 4.07. The number of thiophene rings is 1. The average molecular weight is 437 g/mol. The van der Waals surface area contributed by atoms with E-state index in [1.807, 2.05) is 32.3 Å². The Bertz CT molecular complexity index is 1080. The van der Waals surface area contributed by atoms with Gasteiger partial charge in [-0.2, -0.15) is 0 Å². The molecule has 1 atom stereocenters. The van der Waals surface area contributed by atoms with Crippen molar-refractivity contribution in [3.05, 3.63) is 61.5 Å². The van der Waals surface area contributed by atoms with Crippen LogP contribution in [0.2, 0.25) is 0 Å². The van der Waals surface area contributed by atoms with Crippen molar-refractivity contribution < 1.29 is 8.78 Å². The highest BCUT2D eigenvalue weighted by molar-refractivity contribution is 9.10. The second kappa shape index (κ2) is 6.06. The SMILES string of the molecule is Cc1sc2c(c1C)C(c1cc(F)c(Br)cc1F)=N[C@@H](C)c1nnc(C)n1-2. The molecule has 8 heteroatoms. The summed E-state index contributed by atoms with van der Waals surface area (Å²) in [5, 5.41) is 9.33. The van der Waals surface area contributed by atoms with Gasteiger partial charge in [0.15, 0.2) is 5.82 Å². The number of hydrogen-bond donors (Lipinski definition) is 0. The normalized spacial score (nSPS) is 16.1. The van der Waals surface area contributed by atoms with E-state index >= 15 is 0 Å². The number of halogens is 3. The molecular formula is C18H15BrF2N4S. The van der Waals surface area contributed by atoms with Crippen molar-refractivity contribution in [3.8, 4) is 5.00 Å². The molecule has 1 aliphatic heterocycles. The van der Waals surface area contributed by atoms with E-state index in [0.717, 1.165) is 32.9 Å². The van der Waals surface area contributed by atoms with Crippen LogP contribution < -0.4 is 0 Å². The first-order valence-corrected chi connectivity index (χ1v) is 9.66. The lowest BCUT2D eigenvalue weighted by Gasteiger charge is -2.11. The van der Waals surface area contributed by atoms with Crippen molar-refractivity contribution in [1.29, 1.82) is 0 Å². The predicted octanol–water partition coefficient (Wildman–Crippen LogP) is 5.21. The second-order valence-electron chi connectivity index (χ2n) is 6.30. The Labute approximate surface area is 161 Å². The Morgan fingerprint density at radius 2 is 1.85 bits per heavy atom. The molecule has 1 aliphatic rings. The maximum absolute atomic E-state index is 14.7. The number of benzene rings is 1. The molecule has 26 heavy (non-hydrogen) atoms. The highest BCUT2D eigenvalue weighted by atomic mass is 79.9. The van der Waals surface area contributed by atoms with Gasteiger partial charge in [0.25, 0.3) is 0 Å². The van der Waals surface area contributed by atoms with E-state index in [1.165, 1.54) is 6.07 Å². The fraction of sp³-hybridized carbons (Fsp3) is 0.278. The van der Waals surface area contributed by atoms with Crippen molar-refractivity contribution in [2.24, 2.45) is 4.99 Å². The van der Waals surface area contributed by atoms with Crippen LogP contribution in [0, 0.1) is 32.4 Å². The van der Waals surface area contributed by atoms with Gasteiger partial charge in [0.05, 0.1) is 10.2 Å². The molecule has 0 aliphatic carbocycles. The number of rotatable bonds is 1. The summed E-state index contributed by atoms with van der Waals surface area (Å²) in [6.45, 7) is 7.74. The summed E-state index contributed by atoms with van der Waals surface area (Å²) in [4.78, 5) is 5.82. The van der Waals surface area contributed by atoms with Crippen LogP contribution in [-0.4, -0.2) is 20.5 Å². The molecular weight excluding hydrogens is 422 g/mol. The summed E-state index contributed by atoms with van der Waals surface area (Å²) in [6.07, 6.45) is 0. The molecule has 3 heterocycles. The first kappa shape index (κ1) is 17.5. The first-order chi connectivity index (χ1) is 12.3. The van der Waals surface area contributed by atoms with Gasteiger partial charge in [-0.15, -0.1) is 21.5 Å². The highest BCUT2D eigenvalue weighted by Gasteiger charge is 2.30. The smallest absolute Gasteiger partial charge is 0.162 e. The lowest BCUT2D eigenvalue weighted by molar-refractivity contribution is 0.592. The van der Waals surface area contributed by atoms with Crippen molar-refractivity contribution in [2.45, 2.75) is 33.7 Å². The molecule has 1 aromatic carbocycles. The number of aliphatic imine (C=N–C) groups is 1. The predicted molar refractivity (Wildman–Crippen MR) is 102 cm³/mol. The summed E-state index contributed by atoms with van der Waals surface area (Å²) in [5.41, 5.74) is 2.40. The molecule has 4 rings (SSSR count). The number of fused-ring (bicyclic) bond motifs is 3. The molecule has 0 unspecified atom stereocenters. The zero-order chi connectivity index (χ0) is 18.7. The van der Waals surface area contributed by atoms with Crippen LogP contribution in [0.4, 0.5) is 8.78 Å². The van der Waals surface area contributed by atoms with Gasteiger partial charge in [-0.3, -0.25) is 9.56 Å². The number of hydrogen-bond acceptors (Lipinski definition) is 4. The monoisotopic (exact) mass is 436 g/mol. The van der Waals surface area contributed by atoms with E-state index in [9.17, 15) is 8.78 Å². The maximum Gasteiger partial charge on any atom is 0.162 e. The summed E-state index contributed by atoms with van der Waals surface area (Å²) < 4.78 is 31.0. The van der Waals surface area contributed by atoms with E-state index in [1.54, 1.807) is 11.3 Å². The number of nitrogens with zero attached hydrogens (tertiary/aromatic N) is 4. The molecule has 0 saturated carbocycles. The van der Waals surface area contributed by atoms with E-state index < -0.39 is 11.6 Å². The third-order valence-corrected chi connectivity index (χ3v) is 6.42. The first-order valence-electron chi connectivity index (χ1n) is 8.05. The minimum Gasteiger partial charge on any atom is -0.273 e. The topological polar surface area (TPSA) is 43.1 Å². The van der Waals surface area contributed by atoms with Gasteiger partial charge in [0.1, 0.15) is 28.5 Å². The van der Waals surface area contributed by atoms with Crippen molar-refractivity contribution in [1.82, 2.24) is 14.8 Å². The van der Waals surface area contributed by atoms with Crippen LogP contribution in [0.25, 0.3) is 5.00 Å². The number of aromatic nitrogens is 3. The third kappa shape index (κ3) is 2.46. The van der Waals surface area contributed by atoms with Crippen LogP contribution in [0.15, 0.2) is 21.6 Å². The lowest BCUT2D eigenvalue weighted by Crippen LogP contribution is -2.10. The minimum atomic E-state index is -0.525. The molecule has 0 N–H and O–H groups in total. The van der Waals surface area contributed by atoms with E-state index in [-0.39, 0.29) is 16.1 Å². The fourth-order valence-electron chi connectivity index (χ4n) is 3.17. The Morgan fingerprint density at radius 1 is 1.12 bits per heavy atom. The largest absolute Gasteiger partial charge is 0.273 e. The molecule has 0 radical (unpaired) electrons. The summed E-state index contributed by atoms with van der Waals surface area (Å²) in [5.74, 6) is 0.391. The van der Waals surface area contributed by atoms with Gasteiger partial charge in [0, 0.05) is 16.0 Å². The number of aryl methyl sites for hydroxylation is 2. The van der Waals surface area contributed by atoms with Gasteiger partial charge >= 0.3 is 0 Å². The molecule has 0 amide bonds. The van der Waals surface area contributed by atoms with Crippen molar-refractivity contribution in [3.63, 3.8) is 0 Å². The van der Waals surface area contributed by atoms with Crippen LogP contribution in [-0.2, 0) is 0 Å². The Morgan fingerprint density at radius 3 is 2.58 bits per heavy atom. The van der Waals surface area contributed by atoms with Crippen LogP contribution in [0.3, 0.4) is 0 Å². The molecule has 0 saturated heterocycles. The Hall–Kier alpha value is -1.93. The average Bonchev–Trinajstić information content (AvgIpc) is 3.06. The highest BCUT2D eigenvalue weighted by Crippen LogP contribution is 2.39. The van der Waals surface area contributed by atoms with Crippen molar-refractivity contribution in [2.75, 3.05) is 0 Å². The Balaban J connectivity index is 2.08. The van der Waals surface area contributed by atoms with E-state index in [0.29, 0.717) is 11.5 Å². The van der Waals surface area contributed by atoms with Gasteiger partial charge in [-0.1, -0.05) is 0 Å². The van der Waals surface area contributed by atoms with E-state index in [2.05, 4.69) is 26.1 Å². The molecule has 0 bridgehead atoms. The quantitative estimate of drug-likeness (QED) is 0.491. The zero-order valence-electron chi connectivity index (χ0n) is 14.6. The van der Waals surface area contributed by atoms with Crippen LogP contribution in [0.5, 0.6) is 0 Å². The summed E-state index contributed by atoms with van der Waals surface area (Å²) >= 11 is 4.62. The standard InChI is InChI=1S/C18H15BrF2N4S/c1-7-9(3)26-18-15(7)16(11-5-14(21)12(19)6-13(11)20)22-8(2)17-24-23-10(4)25(17)18/h5-6,8H,1-4H3/t8-/m0/s1. The van der Waals surface area contributed by atoms with Gasteiger partial charge in [0.2, 0.25) is 0 Å². The molecule has 0 spiro atoms. The molecule has 2 aromatic heterocycles. The zero-order valence-corrected chi connectivity index (χ0v) is 17.0. The lowest BCUT2D eigenvalue weighted by atomic mass is 9.99. The fourth-order valence-corrected chi connectivity index (χ4v) is 4.70. The van der Waals surface area contributed by atoms with Crippen LogP contribution in [0.1, 0.15) is 46.2 Å². The van der Waals surface area contributed by atoms with Crippen LogP contribution >= 0.6 is 27.3 Å². The minimum absolute atomic E-state index is 0.0902. The summed E-state index contributed by atoms with van der Waals surface area (Å²) in [6, 6.07) is 2.00. The molecule has 134 valence electrons. The second-order valence-corrected chi connectivity index (χ2v) is 8.36. The molecule has 0 fully saturated rings. The molecule has 3 aromatic rings.